The van der Waals surface area contributed by atoms with Crippen molar-refractivity contribution < 1.29 is 0 Å². The molecule has 1 heterocycles. The first-order valence-corrected chi connectivity index (χ1v) is 8.34. The van der Waals surface area contributed by atoms with E-state index < -0.39 is 0 Å². The van der Waals surface area contributed by atoms with Crippen LogP contribution in [-0.4, -0.2) is 12.6 Å². The van der Waals surface area contributed by atoms with Crippen LogP contribution in [0.5, 0.6) is 0 Å². The highest BCUT2D eigenvalue weighted by Gasteiger charge is 2.09. The average molecular weight is 318 g/mol. The van der Waals surface area contributed by atoms with Gasteiger partial charge in [-0.15, -0.1) is 11.3 Å². The first-order chi connectivity index (χ1) is 8.26. The molecule has 0 fully saturated rings. The molecule has 0 saturated carbocycles. The Labute approximate surface area is 118 Å². The van der Waals surface area contributed by atoms with E-state index in [2.05, 4.69) is 47.2 Å². The van der Waals surface area contributed by atoms with Crippen LogP contribution in [-0.2, 0) is 6.42 Å². The zero-order chi connectivity index (χ0) is 12.5. The predicted molar refractivity (Wildman–Crippen MR) is 81.9 cm³/mol. The van der Waals surface area contributed by atoms with Gasteiger partial charge in [-0.3, -0.25) is 0 Å². The molecule has 98 valence electrons. The summed E-state index contributed by atoms with van der Waals surface area (Å²) >= 11 is 5.39. The zero-order valence-electron chi connectivity index (χ0n) is 11.0. The molecule has 17 heavy (non-hydrogen) atoms. The van der Waals surface area contributed by atoms with Gasteiger partial charge in [0.15, 0.2) is 0 Å². The van der Waals surface area contributed by atoms with Crippen molar-refractivity contribution in [2.24, 2.45) is 0 Å². The van der Waals surface area contributed by atoms with E-state index >= 15 is 0 Å². The molecule has 1 atom stereocenters. The van der Waals surface area contributed by atoms with Gasteiger partial charge in [0, 0.05) is 10.9 Å². The number of nitrogens with one attached hydrogen (secondary N) is 1. The van der Waals surface area contributed by atoms with Crippen LogP contribution < -0.4 is 5.32 Å². The Morgan fingerprint density at radius 2 is 2.06 bits per heavy atom. The molecule has 0 amide bonds. The van der Waals surface area contributed by atoms with E-state index in [1.165, 1.54) is 47.2 Å². The van der Waals surface area contributed by atoms with Crippen LogP contribution in [0, 0.1) is 0 Å². The zero-order valence-corrected chi connectivity index (χ0v) is 13.4. The Morgan fingerprint density at radius 1 is 1.24 bits per heavy atom. The summed E-state index contributed by atoms with van der Waals surface area (Å²) in [5.41, 5.74) is 0. The van der Waals surface area contributed by atoms with E-state index in [9.17, 15) is 0 Å². The minimum atomic E-state index is 0.655. The Kier molecular flexibility index (Phi) is 8.15. The van der Waals surface area contributed by atoms with Gasteiger partial charge in [-0.2, -0.15) is 0 Å². The molecule has 1 aromatic rings. The van der Waals surface area contributed by atoms with Crippen LogP contribution in [0.25, 0.3) is 0 Å². The maximum absolute atomic E-state index is 3.61. The third kappa shape index (κ3) is 6.58. The summed E-state index contributed by atoms with van der Waals surface area (Å²) in [6.45, 7) is 5.54. The molecule has 1 N–H and O–H groups in total. The summed E-state index contributed by atoms with van der Waals surface area (Å²) in [4.78, 5) is 1.48. The number of likely N-dealkylation sites (N-methyl/N-ethyl adjacent to an activating group) is 1. The fraction of sp³-hybridized carbons (Fsp3) is 0.714. The van der Waals surface area contributed by atoms with Gasteiger partial charge < -0.3 is 5.32 Å². The van der Waals surface area contributed by atoms with E-state index in [0.29, 0.717) is 6.04 Å². The summed E-state index contributed by atoms with van der Waals surface area (Å²) in [7, 11) is 0. The van der Waals surface area contributed by atoms with Gasteiger partial charge in [0.25, 0.3) is 0 Å². The highest BCUT2D eigenvalue weighted by molar-refractivity contribution is 9.11. The number of rotatable bonds is 9. The second-order valence-corrected chi connectivity index (χ2v) is 7.06. The van der Waals surface area contributed by atoms with Crippen LogP contribution in [0.3, 0.4) is 0 Å². The van der Waals surface area contributed by atoms with Crippen molar-refractivity contribution in [1.82, 2.24) is 5.32 Å². The lowest BCUT2D eigenvalue weighted by Gasteiger charge is -2.16. The second-order valence-electron chi connectivity index (χ2n) is 4.51. The Morgan fingerprint density at radius 3 is 2.65 bits per heavy atom. The predicted octanol–water partition coefficient (Wildman–Crippen LogP) is 5.00. The number of hydrogen-bond donors (Lipinski definition) is 1. The molecule has 0 aliphatic heterocycles. The van der Waals surface area contributed by atoms with Crippen molar-refractivity contribution in [3.63, 3.8) is 0 Å². The van der Waals surface area contributed by atoms with E-state index in [1.54, 1.807) is 0 Å². The lowest BCUT2D eigenvalue weighted by Crippen LogP contribution is -2.30. The Balaban J connectivity index is 2.32. The molecule has 1 rings (SSSR count). The van der Waals surface area contributed by atoms with Crippen LogP contribution in [0.2, 0.25) is 0 Å². The lowest BCUT2D eigenvalue weighted by molar-refractivity contribution is 0.465. The second kappa shape index (κ2) is 9.12. The van der Waals surface area contributed by atoms with Gasteiger partial charge >= 0.3 is 0 Å². The third-order valence-electron chi connectivity index (χ3n) is 2.98. The van der Waals surface area contributed by atoms with Crippen molar-refractivity contribution in [3.05, 3.63) is 20.8 Å². The molecule has 0 aliphatic rings. The summed E-state index contributed by atoms with van der Waals surface area (Å²) < 4.78 is 1.24. The quantitative estimate of drug-likeness (QED) is 0.632. The van der Waals surface area contributed by atoms with Gasteiger partial charge in [0.1, 0.15) is 0 Å². The molecule has 0 radical (unpaired) electrons. The largest absolute Gasteiger partial charge is 0.314 e. The number of halogens is 1. The first-order valence-electron chi connectivity index (χ1n) is 6.73. The molecule has 0 spiro atoms. The smallest absolute Gasteiger partial charge is 0.0701 e. The standard InChI is InChI=1S/C14H24BrNS/c1-3-5-6-7-8-12(16-4-2)11-13-9-10-14(15)17-13/h9-10,12,16H,3-8,11H2,1-2H3. The molecule has 1 nitrogen and oxygen atoms in total. The molecule has 1 unspecified atom stereocenters. The van der Waals surface area contributed by atoms with Crippen LogP contribution in [0.15, 0.2) is 15.9 Å². The number of hydrogen-bond acceptors (Lipinski definition) is 2. The highest BCUT2D eigenvalue weighted by atomic mass is 79.9. The average Bonchev–Trinajstić information content (AvgIpc) is 2.70. The highest BCUT2D eigenvalue weighted by Crippen LogP contribution is 2.24. The molecule has 0 saturated heterocycles. The molecular formula is C14H24BrNS. The van der Waals surface area contributed by atoms with Crippen LogP contribution in [0.1, 0.15) is 50.8 Å². The van der Waals surface area contributed by atoms with Gasteiger partial charge in [0.05, 0.1) is 3.79 Å². The number of unbranched alkanes of at least 4 members (excludes halogenated alkanes) is 3. The maximum Gasteiger partial charge on any atom is 0.0701 e. The minimum absolute atomic E-state index is 0.655. The Hall–Kier alpha value is 0.140. The van der Waals surface area contributed by atoms with Gasteiger partial charge in [-0.25, -0.2) is 0 Å². The summed E-state index contributed by atoms with van der Waals surface area (Å²) in [6, 6.07) is 5.05. The first kappa shape index (κ1) is 15.2. The molecule has 0 aliphatic carbocycles. The topological polar surface area (TPSA) is 12.0 Å². The summed E-state index contributed by atoms with van der Waals surface area (Å²) in [6.07, 6.45) is 7.93. The maximum atomic E-state index is 3.61. The third-order valence-corrected chi connectivity index (χ3v) is 4.62. The van der Waals surface area contributed by atoms with E-state index in [-0.39, 0.29) is 0 Å². The molecule has 3 heteroatoms. The number of thiophene rings is 1. The Bertz CT molecular complexity index is 298. The van der Waals surface area contributed by atoms with E-state index in [1.807, 2.05) is 11.3 Å². The summed E-state index contributed by atoms with van der Waals surface area (Å²) in [5, 5.41) is 3.61. The van der Waals surface area contributed by atoms with Crippen molar-refractivity contribution in [3.8, 4) is 0 Å². The SMILES string of the molecule is CCCCCCC(Cc1ccc(Br)s1)NCC. The fourth-order valence-corrected chi connectivity index (χ4v) is 3.65. The van der Waals surface area contributed by atoms with Crippen molar-refractivity contribution in [1.29, 1.82) is 0 Å². The van der Waals surface area contributed by atoms with E-state index in [4.69, 9.17) is 0 Å². The monoisotopic (exact) mass is 317 g/mol. The van der Waals surface area contributed by atoms with Gasteiger partial charge in [-0.05, 0) is 47.4 Å². The molecular weight excluding hydrogens is 294 g/mol. The van der Waals surface area contributed by atoms with Gasteiger partial charge in [0.2, 0.25) is 0 Å². The molecule has 0 aromatic carbocycles. The van der Waals surface area contributed by atoms with E-state index in [0.717, 1.165) is 6.54 Å². The van der Waals surface area contributed by atoms with Gasteiger partial charge in [-0.1, -0.05) is 39.5 Å². The van der Waals surface area contributed by atoms with Crippen molar-refractivity contribution in [2.75, 3.05) is 6.54 Å². The minimum Gasteiger partial charge on any atom is -0.314 e. The van der Waals surface area contributed by atoms with Crippen LogP contribution >= 0.6 is 27.3 Å². The lowest BCUT2D eigenvalue weighted by atomic mass is 10.0. The fourth-order valence-electron chi connectivity index (χ4n) is 2.09. The van der Waals surface area contributed by atoms with Crippen molar-refractivity contribution >= 4 is 27.3 Å². The van der Waals surface area contributed by atoms with Crippen molar-refractivity contribution in [2.45, 2.75) is 58.4 Å². The summed E-state index contributed by atoms with van der Waals surface area (Å²) in [5.74, 6) is 0. The molecule has 1 aromatic heterocycles. The van der Waals surface area contributed by atoms with Crippen LogP contribution in [0.4, 0.5) is 0 Å². The normalized spacial score (nSPS) is 12.9. The molecule has 0 bridgehead atoms.